The molecule has 1 aliphatic heterocycles. The minimum absolute atomic E-state index is 0.108. The summed E-state index contributed by atoms with van der Waals surface area (Å²) in [6.45, 7) is 8.78. The summed E-state index contributed by atoms with van der Waals surface area (Å²) in [6.07, 6.45) is 15.9. The van der Waals surface area contributed by atoms with E-state index in [1.54, 1.807) is 11.8 Å². The van der Waals surface area contributed by atoms with Gasteiger partial charge in [-0.1, -0.05) is 85.8 Å². The number of nitrogens with zero attached hydrogens (tertiary/aromatic N) is 2. The molecule has 0 bridgehead atoms. The van der Waals surface area contributed by atoms with Gasteiger partial charge in [0.25, 0.3) is 0 Å². The van der Waals surface area contributed by atoms with Crippen LogP contribution in [0.4, 0.5) is 11.4 Å². The highest BCUT2D eigenvalue weighted by Crippen LogP contribution is 2.37. The van der Waals surface area contributed by atoms with Crippen LogP contribution in [0.5, 0.6) is 0 Å². The van der Waals surface area contributed by atoms with E-state index in [4.69, 9.17) is 4.98 Å². The Morgan fingerprint density at radius 2 is 1.70 bits per heavy atom. The molecule has 6 rings (SSSR count). The third-order valence-electron chi connectivity index (χ3n) is 9.09. The summed E-state index contributed by atoms with van der Waals surface area (Å²) >= 11 is 1.70. The van der Waals surface area contributed by atoms with Gasteiger partial charge in [-0.05, 0) is 92.5 Å². The molecule has 0 radical (unpaired) electrons. The fourth-order valence-corrected chi connectivity index (χ4v) is 7.42. The second-order valence-corrected chi connectivity index (χ2v) is 13.7. The average molecular weight is 643 g/mol. The Kier molecular flexibility index (Phi) is 11.1. The number of thioether (sulfide) groups is 1. The fraction of sp³-hybridized carbons (Fsp3) is 0.317. The van der Waals surface area contributed by atoms with Crippen LogP contribution in [-0.4, -0.2) is 30.5 Å². The highest BCUT2D eigenvalue weighted by Gasteiger charge is 2.19. The quantitative estimate of drug-likeness (QED) is 0.106. The molecule has 0 unspecified atom stereocenters. The number of fused-ring (bicyclic) bond motifs is 3. The summed E-state index contributed by atoms with van der Waals surface area (Å²) < 4.78 is 0. The van der Waals surface area contributed by atoms with Gasteiger partial charge in [0.2, 0.25) is 5.91 Å². The molecular weight excluding hydrogens is 597 g/mol. The number of allylic oxidation sites excluding steroid dienone is 3. The molecule has 0 fully saturated rings. The third-order valence-corrected chi connectivity index (χ3v) is 10.1. The molecule has 0 atom stereocenters. The molecule has 2 heterocycles. The van der Waals surface area contributed by atoms with E-state index in [1.807, 2.05) is 0 Å². The molecule has 0 saturated heterocycles. The molecule has 0 saturated carbocycles. The van der Waals surface area contributed by atoms with Crippen molar-refractivity contribution in [1.82, 2.24) is 10.3 Å². The van der Waals surface area contributed by atoms with Crippen LogP contribution in [0.3, 0.4) is 0 Å². The number of nitrogens with one attached hydrogen (secondary N) is 2. The molecule has 47 heavy (non-hydrogen) atoms. The maximum Gasteiger partial charge on any atom is 0.221 e. The van der Waals surface area contributed by atoms with Gasteiger partial charge in [-0.2, -0.15) is 0 Å². The topological polar surface area (TPSA) is 57.3 Å². The van der Waals surface area contributed by atoms with Crippen LogP contribution >= 0.6 is 11.8 Å². The molecule has 1 amide bonds. The summed E-state index contributed by atoms with van der Waals surface area (Å²) in [5.41, 5.74) is 9.78. The first kappa shape index (κ1) is 32.6. The zero-order valence-corrected chi connectivity index (χ0v) is 28.4. The lowest BCUT2D eigenvalue weighted by Crippen LogP contribution is -2.30. The fourth-order valence-electron chi connectivity index (χ4n) is 6.57. The van der Waals surface area contributed by atoms with Crippen LogP contribution in [0.1, 0.15) is 67.3 Å². The van der Waals surface area contributed by atoms with Gasteiger partial charge in [0.05, 0.1) is 5.52 Å². The van der Waals surface area contributed by atoms with Crippen LogP contribution < -0.4 is 15.5 Å². The van der Waals surface area contributed by atoms with Gasteiger partial charge < -0.3 is 15.5 Å². The molecule has 2 aliphatic rings. The number of unbranched alkanes of at least 4 members (excludes halogenated alkanes) is 3. The Morgan fingerprint density at radius 1 is 0.936 bits per heavy atom. The van der Waals surface area contributed by atoms with E-state index in [1.165, 1.54) is 45.6 Å². The summed E-state index contributed by atoms with van der Waals surface area (Å²) in [5.74, 6) is 0.108. The van der Waals surface area contributed by atoms with Crippen LogP contribution in [0.25, 0.3) is 16.5 Å². The first-order valence-electron chi connectivity index (χ1n) is 17.2. The Labute approximate surface area is 284 Å². The molecule has 2 N–H and O–H groups in total. The molecule has 242 valence electrons. The largest absolute Gasteiger partial charge is 0.384 e. The van der Waals surface area contributed by atoms with Crippen molar-refractivity contribution in [3.8, 4) is 0 Å². The Hall–Kier alpha value is -4.29. The standard InChI is InChI=1S/C41H46N4OS/c1-30-15-5-12-22-39(30)47-31(2)29-32-23-27-45(38-21-11-8-16-33(32)38)28-24-40(46)42-25-13-3-4-14-26-43-41-34-17-6-9-19-36(34)44-37-20-10-7-18-35(37)41/h5-6,8-9,11-12,15-17,19,21-23,27,29H,2-4,7,10,13-14,18,20,24-26,28H2,1H3,(H,42,46)(H,43,44)/b32-29+. The van der Waals surface area contributed by atoms with Gasteiger partial charge in [0.1, 0.15) is 0 Å². The van der Waals surface area contributed by atoms with Gasteiger partial charge in [0.15, 0.2) is 0 Å². The lowest BCUT2D eigenvalue weighted by molar-refractivity contribution is -0.120. The molecule has 5 nitrogen and oxygen atoms in total. The number of hydrogen-bond acceptors (Lipinski definition) is 5. The van der Waals surface area contributed by atoms with Crippen LogP contribution in [0.15, 0.2) is 108 Å². The second-order valence-electron chi connectivity index (χ2n) is 12.5. The third kappa shape index (κ3) is 8.36. The number of carbonyl (C=O) groups excluding carboxylic acids is 1. The zero-order valence-electron chi connectivity index (χ0n) is 27.6. The van der Waals surface area contributed by atoms with Crippen molar-refractivity contribution in [2.75, 3.05) is 29.9 Å². The maximum absolute atomic E-state index is 12.7. The van der Waals surface area contributed by atoms with E-state index in [2.05, 4.69) is 120 Å². The molecule has 6 heteroatoms. The van der Waals surface area contributed by atoms with E-state index >= 15 is 0 Å². The zero-order chi connectivity index (χ0) is 32.4. The Morgan fingerprint density at radius 3 is 2.60 bits per heavy atom. The van der Waals surface area contributed by atoms with Gasteiger partial charge >= 0.3 is 0 Å². The number of benzene rings is 3. The number of pyridine rings is 1. The van der Waals surface area contributed by atoms with Crippen LogP contribution in [0, 0.1) is 6.92 Å². The monoisotopic (exact) mass is 642 g/mol. The van der Waals surface area contributed by atoms with E-state index in [0.717, 1.165) is 78.9 Å². The number of para-hydroxylation sites is 2. The lowest BCUT2D eigenvalue weighted by Gasteiger charge is -2.27. The second kappa shape index (κ2) is 16.0. The predicted octanol–water partition coefficient (Wildman–Crippen LogP) is 9.62. The van der Waals surface area contributed by atoms with Crippen molar-refractivity contribution in [3.05, 3.63) is 125 Å². The number of amides is 1. The molecule has 4 aromatic rings. The van der Waals surface area contributed by atoms with Gasteiger partial charge in [-0.3, -0.25) is 9.78 Å². The Balaban J connectivity index is 0.913. The van der Waals surface area contributed by atoms with E-state index in [-0.39, 0.29) is 5.91 Å². The average Bonchev–Trinajstić information content (AvgIpc) is 3.09. The van der Waals surface area contributed by atoms with Crippen LogP contribution in [0.2, 0.25) is 0 Å². The SMILES string of the molecule is C=C(/C=C1\C=CN(CCC(=O)NCCCCCCNc2c3c(nc4ccccc24)CCCC3)c2ccccc21)Sc1ccccc1C. The predicted molar refractivity (Wildman–Crippen MR) is 200 cm³/mol. The Bertz CT molecular complexity index is 1790. The van der Waals surface area contributed by atoms with Crippen molar-refractivity contribution in [2.24, 2.45) is 0 Å². The molecule has 0 spiro atoms. The number of aromatic nitrogens is 1. The first-order valence-corrected chi connectivity index (χ1v) is 18.0. The van der Waals surface area contributed by atoms with Crippen molar-refractivity contribution in [1.29, 1.82) is 0 Å². The summed E-state index contributed by atoms with van der Waals surface area (Å²) in [6, 6.07) is 25.3. The number of aryl methyl sites for hydroxylation is 2. The van der Waals surface area contributed by atoms with Gasteiger partial charge in [-0.25, -0.2) is 0 Å². The highest BCUT2D eigenvalue weighted by atomic mass is 32.2. The highest BCUT2D eigenvalue weighted by molar-refractivity contribution is 8.03. The summed E-state index contributed by atoms with van der Waals surface area (Å²) in [4.78, 5) is 22.1. The minimum Gasteiger partial charge on any atom is -0.384 e. The normalized spacial score (nSPS) is 14.6. The summed E-state index contributed by atoms with van der Waals surface area (Å²) in [7, 11) is 0. The van der Waals surface area contributed by atoms with Gasteiger partial charge in [-0.15, -0.1) is 0 Å². The molecular formula is C41H46N4OS. The molecule has 1 aliphatic carbocycles. The van der Waals surface area contributed by atoms with E-state index < -0.39 is 0 Å². The first-order chi connectivity index (χ1) is 23.1. The van der Waals surface area contributed by atoms with Crippen molar-refractivity contribution in [2.45, 2.75) is 69.6 Å². The molecule has 1 aromatic heterocycles. The van der Waals surface area contributed by atoms with E-state index in [9.17, 15) is 4.79 Å². The van der Waals surface area contributed by atoms with Crippen molar-refractivity contribution >= 4 is 45.5 Å². The maximum atomic E-state index is 12.7. The smallest absolute Gasteiger partial charge is 0.221 e. The summed E-state index contributed by atoms with van der Waals surface area (Å²) in [5, 5.41) is 8.16. The molecule has 3 aromatic carbocycles. The van der Waals surface area contributed by atoms with Crippen LogP contribution in [-0.2, 0) is 17.6 Å². The lowest BCUT2D eigenvalue weighted by atomic mass is 9.92. The number of hydrogen-bond donors (Lipinski definition) is 2. The number of carbonyl (C=O) groups is 1. The minimum atomic E-state index is 0.108. The van der Waals surface area contributed by atoms with E-state index in [0.29, 0.717) is 13.0 Å². The van der Waals surface area contributed by atoms with Crippen molar-refractivity contribution < 1.29 is 4.79 Å². The number of rotatable bonds is 14. The van der Waals surface area contributed by atoms with Gasteiger partial charge in [0, 0.05) is 70.1 Å². The number of anilines is 2. The van der Waals surface area contributed by atoms with Crippen molar-refractivity contribution in [3.63, 3.8) is 0 Å².